The van der Waals surface area contributed by atoms with Gasteiger partial charge in [0, 0.05) is 6.08 Å². The molecule has 0 aliphatic carbocycles. The topological polar surface area (TPSA) is 29.1 Å². The lowest BCUT2D eigenvalue weighted by Crippen LogP contribution is -2.24. The summed E-state index contributed by atoms with van der Waals surface area (Å²) in [5, 5.41) is 2.86. The van der Waals surface area contributed by atoms with Gasteiger partial charge >= 0.3 is 0 Å². The zero-order valence-corrected chi connectivity index (χ0v) is 11.2. The van der Waals surface area contributed by atoms with Crippen LogP contribution in [0, 0.1) is 5.82 Å². The number of nitrogens with one attached hydrogen (secondary N) is 1. The van der Waals surface area contributed by atoms with Crippen LogP contribution in [0.3, 0.4) is 0 Å². The molecule has 0 aliphatic heterocycles. The van der Waals surface area contributed by atoms with Crippen LogP contribution in [0.1, 0.15) is 24.1 Å². The zero-order chi connectivity index (χ0) is 14.4. The lowest BCUT2D eigenvalue weighted by atomic mass is 10.1. The monoisotopic (exact) mass is 269 g/mol. The molecule has 20 heavy (non-hydrogen) atoms. The normalized spacial score (nSPS) is 12.3. The van der Waals surface area contributed by atoms with Crippen molar-refractivity contribution in [3.05, 3.63) is 77.6 Å². The van der Waals surface area contributed by atoms with Crippen molar-refractivity contribution < 1.29 is 9.18 Å². The van der Waals surface area contributed by atoms with Gasteiger partial charge in [-0.25, -0.2) is 4.39 Å². The van der Waals surface area contributed by atoms with Crippen LogP contribution in [0.2, 0.25) is 0 Å². The first kappa shape index (κ1) is 14.0. The van der Waals surface area contributed by atoms with Crippen molar-refractivity contribution in [3.63, 3.8) is 0 Å². The number of carbonyl (C=O) groups is 1. The summed E-state index contributed by atoms with van der Waals surface area (Å²) in [6, 6.07) is 15.7. The summed E-state index contributed by atoms with van der Waals surface area (Å²) in [4.78, 5) is 11.8. The smallest absolute Gasteiger partial charge is 0.244 e. The van der Waals surface area contributed by atoms with Crippen molar-refractivity contribution in [2.75, 3.05) is 0 Å². The molecule has 0 aromatic heterocycles. The van der Waals surface area contributed by atoms with Crippen LogP contribution in [0.4, 0.5) is 4.39 Å². The van der Waals surface area contributed by atoms with E-state index in [0.717, 1.165) is 5.56 Å². The average Bonchev–Trinajstić information content (AvgIpc) is 2.46. The van der Waals surface area contributed by atoms with E-state index >= 15 is 0 Å². The molecule has 0 aliphatic rings. The van der Waals surface area contributed by atoms with Crippen LogP contribution in [0.25, 0.3) is 6.08 Å². The summed E-state index contributed by atoms with van der Waals surface area (Å²) in [7, 11) is 0. The Morgan fingerprint density at radius 2 is 1.90 bits per heavy atom. The van der Waals surface area contributed by atoms with Crippen molar-refractivity contribution in [3.8, 4) is 0 Å². The highest BCUT2D eigenvalue weighted by Crippen LogP contribution is 2.11. The van der Waals surface area contributed by atoms with Gasteiger partial charge in [0.1, 0.15) is 5.82 Å². The maximum absolute atomic E-state index is 13.0. The van der Waals surface area contributed by atoms with Gasteiger partial charge in [-0.15, -0.1) is 0 Å². The number of benzene rings is 2. The Morgan fingerprint density at radius 3 is 2.60 bits per heavy atom. The molecule has 2 aromatic carbocycles. The molecule has 3 heteroatoms. The summed E-state index contributed by atoms with van der Waals surface area (Å²) in [6.45, 7) is 1.92. The molecule has 1 N–H and O–H groups in total. The van der Waals surface area contributed by atoms with Gasteiger partial charge in [-0.1, -0.05) is 42.5 Å². The van der Waals surface area contributed by atoms with Gasteiger partial charge in [0.25, 0.3) is 0 Å². The molecule has 2 rings (SSSR count). The SMILES string of the molecule is CC(NC(=O)/C=C/c1cccc(F)c1)c1ccccc1. The molecule has 0 bridgehead atoms. The van der Waals surface area contributed by atoms with Gasteiger partial charge in [0.2, 0.25) is 5.91 Å². The third kappa shape index (κ3) is 4.05. The lowest BCUT2D eigenvalue weighted by Gasteiger charge is -2.12. The van der Waals surface area contributed by atoms with Crippen LogP contribution in [-0.2, 0) is 4.79 Å². The van der Waals surface area contributed by atoms with Gasteiger partial charge in [0.05, 0.1) is 6.04 Å². The third-order valence-electron chi connectivity index (χ3n) is 2.93. The van der Waals surface area contributed by atoms with E-state index < -0.39 is 0 Å². The Balaban J connectivity index is 1.96. The molecule has 0 radical (unpaired) electrons. The Labute approximate surface area is 118 Å². The highest BCUT2D eigenvalue weighted by atomic mass is 19.1. The fourth-order valence-corrected chi connectivity index (χ4v) is 1.87. The first-order valence-corrected chi connectivity index (χ1v) is 6.44. The predicted molar refractivity (Wildman–Crippen MR) is 78.4 cm³/mol. The van der Waals surface area contributed by atoms with Crippen molar-refractivity contribution in [1.29, 1.82) is 0 Å². The average molecular weight is 269 g/mol. The molecule has 2 nitrogen and oxygen atoms in total. The second kappa shape index (κ2) is 6.66. The standard InChI is InChI=1S/C17H16FNO/c1-13(15-7-3-2-4-8-15)19-17(20)11-10-14-6-5-9-16(18)12-14/h2-13H,1H3,(H,19,20)/b11-10+. The molecule has 1 amide bonds. The predicted octanol–water partition coefficient (Wildman–Crippen LogP) is 3.72. The summed E-state index contributed by atoms with van der Waals surface area (Å²) in [5.41, 5.74) is 1.70. The molecule has 1 atom stereocenters. The Morgan fingerprint density at radius 1 is 1.15 bits per heavy atom. The van der Waals surface area contributed by atoms with Crippen molar-refractivity contribution in [2.45, 2.75) is 13.0 Å². The molecule has 2 aromatic rings. The molecule has 1 unspecified atom stereocenters. The van der Waals surface area contributed by atoms with Crippen LogP contribution in [0.15, 0.2) is 60.7 Å². The van der Waals surface area contributed by atoms with Gasteiger partial charge < -0.3 is 5.32 Å². The van der Waals surface area contributed by atoms with Crippen molar-refractivity contribution >= 4 is 12.0 Å². The number of amides is 1. The van der Waals surface area contributed by atoms with E-state index in [4.69, 9.17) is 0 Å². The number of hydrogen-bond donors (Lipinski definition) is 1. The summed E-state index contributed by atoms with van der Waals surface area (Å²) >= 11 is 0. The quantitative estimate of drug-likeness (QED) is 0.842. The fraction of sp³-hybridized carbons (Fsp3) is 0.118. The van der Waals surface area contributed by atoms with E-state index in [1.807, 2.05) is 37.3 Å². The Bertz CT molecular complexity index is 607. The second-order valence-corrected chi connectivity index (χ2v) is 4.53. The van der Waals surface area contributed by atoms with Crippen LogP contribution in [-0.4, -0.2) is 5.91 Å². The second-order valence-electron chi connectivity index (χ2n) is 4.53. The van der Waals surface area contributed by atoms with E-state index in [2.05, 4.69) is 5.32 Å². The first-order valence-electron chi connectivity index (χ1n) is 6.44. The minimum atomic E-state index is -0.315. The molecule has 0 saturated carbocycles. The number of halogens is 1. The van der Waals surface area contributed by atoms with E-state index in [-0.39, 0.29) is 17.8 Å². The molecule has 0 fully saturated rings. The highest BCUT2D eigenvalue weighted by molar-refractivity contribution is 5.91. The number of carbonyl (C=O) groups excluding carboxylic acids is 1. The summed E-state index contributed by atoms with van der Waals surface area (Å²) in [5.74, 6) is -0.518. The van der Waals surface area contributed by atoms with Gasteiger partial charge in [-0.2, -0.15) is 0 Å². The largest absolute Gasteiger partial charge is 0.346 e. The maximum Gasteiger partial charge on any atom is 0.244 e. The van der Waals surface area contributed by atoms with E-state index in [1.165, 1.54) is 18.2 Å². The van der Waals surface area contributed by atoms with Crippen LogP contribution >= 0.6 is 0 Å². The zero-order valence-electron chi connectivity index (χ0n) is 11.2. The molecule has 0 spiro atoms. The van der Waals surface area contributed by atoms with Gasteiger partial charge in [0.15, 0.2) is 0 Å². The Hall–Kier alpha value is -2.42. The van der Waals surface area contributed by atoms with E-state index in [1.54, 1.807) is 18.2 Å². The fourth-order valence-electron chi connectivity index (χ4n) is 1.87. The van der Waals surface area contributed by atoms with Crippen LogP contribution < -0.4 is 5.32 Å². The molecule has 0 saturated heterocycles. The van der Waals surface area contributed by atoms with Crippen LogP contribution in [0.5, 0.6) is 0 Å². The molecular formula is C17H16FNO. The first-order chi connectivity index (χ1) is 9.65. The minimum absolute atomic E-state index is 0.0686. The van der Waals surface area contributed by atoms with Crippen molar-refractivity contribution in [1.82, 2.24) is 5.32 Å². The number of hydrogen-bond acceptors (Lipinski definition) is 1. The highest BCUT2D eigenvalue weighted by Gasteiger charge is 2.06. The third-order valence-corrected chi connectivity index (χ3v) is 2.93. The molecule has 0 heterocycles. The summed E-state index contributed by atoms with van der Waals surface area (Å²) in [6.07, 6.45) is 3.00. The maximum atomic E-state index is 13.0. The number of rotatable bonds is 4. The van der Waals surface area contributed by atoms with Crippen molar-refractivity contribution in [2.24, 2.45) is 0 Å². The Kier molecular flexibility index (Phi) is 4.66. The molecule has 102 valence electrons. The van der Waals surface area contributed by atoms with E-state index in [0.29, 0.717) is 5.56 Å². The van der Waals surface area contributed by atoms with Gasteiger partial charge in [-0.05, 0) is 36.3 Å². The lowest BCUT2D eigenvalue weighted by molar-refractivity contribution is -0.117. The molecular weight excluding hydrogens is 253 g/mol. The minimum Gasteiger partial charge on any atom is -0.346 e. The van der Waals surface area contributed by atoms with Gasteiger partial charge in [-0.3, -0.25) is 4.79 Å². The van der Waals surface area contributed by atoms with E-state index in [9.17, 15) is 9.18 Å². The summed E-state index contributed by atoms with van der Waals surface area (Å²) < 4.78 is 13.0.